The highest BCUT2D eigenvalue weighted by atomic mass is 19.3. The second-order valence-corrected chi connectivity index (χ2v) is 4.96. The molecule has 1 fully saturated rings. The summed E-state index contributed by atoms with van der Waals surface area (Å²) in [6.45, 7) is -2.81. The number of benzene rings is 1. The van der Waals surface area contributed by atoms with E-state index in [1.807, 2.05) is 6.07 Å². The van der Waals surface area contributed by atoms with Gasteiger partial charge in [0.05, 0.1) is 6.04 Å². The smallest absolute Gasteiger partial charge is 0.387 e. The van der Waals surface area contributed by atoms with E-state index in [-0.39, 0.29) is 11.8 Å². The lowest BCUT2D eigenvalue weighted by Gasteiger charge is -2.31. The molecule has 0 aromatic heterocycles. The molecule has 0 heterocycles. The van der Waals surface area contributed by atoms with Crippen molar-refractivity contribution < 1.29 is 13.5 Å². The summed E-state index contributed by atoms with van der Waals surface area (Å²) < 4.78 is 29.5. The van der Waals surface area contributed by atoms with Crippen LogP contribution in [0.3, 0.4) is 0 Å². The van der Waals surface area contributed by atoms with Crippen LogP contribution in [0.5, 0.6) is 5.75 Å². The molecule has 1 saturated carbocycles. The summed E-state index contributed by atoms with van der Waals surface area (Å²) in [4.78, 5) is 0. The van der Waals surface area contributed by atoms with Crippen molar-refractivity contribution in [1.29, 1.82) is 0 Å². The summed E-state index contributed by atoms with van der Waals surface area (Å²) in [6.07, 6.45) is 5.71. The minimum atomic E-state index is -2.81. The molecule has 5 heteroatoms. The van der Waals surface area contributed by atoms with Crippen molar-refractivity contribution in [3.63, 3.8) is 0 Å². The van der Waals surface area contributed by atoms with Crippen molar-refractivity contribution in [3.05, 3.63) is 29.8 Å². The van der Waals surface area contributed by atoms with Crippen LogP contribution in [-0.4, -0.2) is 6.61 Å². The van der Waals surface area contributed by atoms with Gasteiger partial charge in [-0.25, -0.2) is 0 Å². The number of halogens is 2. The van der Waals surface area contributed by atoms with Gasteiger partial charge < -0.3 is 4.74 Å². The summed E-state index contributed by atoms with van der Waals surface area (Å²) >= 11 is 0. The Balaban J connectivity index is 2.21. The Morgan fingerprint density at radius 1 is 1.16 bits per heavy atom. The average Bonchev–Trinajstić information content (AvgIpc) is 2.42. The summed E-state index contributed by atoms with van der Waals surface area (Å²) in [5.74, 6) is 6.23. The fourth-order valence-corrected chi connectivity index (χ4v) is 2.89. The maximum Gasteiger partial charge on any atom is 0.387 e. The Hall–Kier alpha value is -1.20. The summed E-state index contributed by atoms with van der Waals surface area (Å²) in [6, 6.07) is 6.75. The van der Waals surface area contributed by atoms with Crippen molar-refractivity contribution in [2.75, 3.05) is 0 Å². The van der Waals surface area contributed by atoms with Crippen molar-refractivity contribution in [2.24, 2.45) is 11.8 Å². The van der Waals surface area contributed by atoms with E-state index in [1.165, 1.54) is 19.3 Å². The van der Waals surface area contributed by atoms with Gasteiger partial charge in [0.15, 0.2) is 0 Å². The lowest BCUT2D eigenvalue weighted by atomic mass is 9.81. The van der Waals surface area contributed by atoms with Gasteiger partial charge in [-0.1, -0.05) is 37.5 Å². The molecule has 19 heavy (non-hydrogen) atoms. The van der Waals surface area contributed by atoms with Crippen molar-refractivity contribution in [2.45, 2.75) is 44.8 Å². The van der Waals surface area contributed by atoms with E-state index in [1.54, 1.807) is 18.2 Å². The van der Waals surface area contributed by atoms with Gasteiger partial charge >= 0.3 is 6.61 Å². The molecule has 1 unspecified atom stereocenters. The highest BCUT2D eigenvalue weighted by Crippen LogP contribution is 2.37. The number of nitrogens with one attached hydrogen (secondary N) is 1. The van der Waals surface area contributed by atoms with E-state index in [0.29, 0.717) is 5.92 Å². The highest BCUT2D eigenvalue weighted by Gasteiger charge is 2.26. The zero-order chi connectivity index (χ0) is 13.7. The van der Waals surface area contributed by atoms with Crippen LogP contribution in [0, 0.1) is 5.92 Å². The van der Waals surface area contributed by atoms with Crippen LogP contribution in [0.4, 0.5) is 8.78 Å². The average molecular weight is 270 g/mol. The third-order valence-corrected chi connectivity index (χ3v) is 3.77. The number of ether oxygens (including phenoxy) is 1. The minimum absolute atomic E-state index is 0.129. The van der Waals surface area contributed by atoms with Gasteiger partial charge in [0.1, 0.15) is 5.75 Å². The van der Waals surface area contributed by atoms with Gasteiger partial charge in [-0.05, 0) is 24.8 Å². The van der Waals surface area contributed by atoms with Gasteiger partial charge in [-0.2, -0.15) is 8.78 Å². The Morgan fingerprint density at radius 3 is 2.47 bits per heavy atom. The summed E-state index contributed by atoms with van der Waals surface area (Å²) in [7, 11) is 0. The zero-order valence-electron chi connectivity index (χ0n) is 10.8. The molecule has 1 atom stereocenters. The molecule has 0 spiro atoms. The predicted octanol–water partition coefficient (Wildman–Crippen LogP) is 3.37. The molecule has 1 aromatic rings. The Morgan fingerprint density at radius 2 is 1.84 bits per heavy atom. The number of hydrogen-bond donors (Lipinski definition) is 2. The summed E-state index contributed by atoms with van der Waals surface area (Å²) in [5.41, 5.74) is 3.50. The molecule has 106 valence electrons. The fourth-order valence-electron chi connectivity index (χ4n) is 2.89. The van der Waals surface area contributed by atoms with Gasteiger partial charge in [0.25, 0.3) is 0 Å². The van der Waals surface area contributed by atoms with E-state index in [9.17, 15) is 8.78 Å². The maximum absolute atomic E-state index is 12.4. The van der Waals surface area contributed by atoms with Gasteiger partial charge in [-0.15, -0.1) is 0 Å². The molecular formula is C14H20F2N2O. The van der Waals surface area contributed by atoms with E-state index in [0.717, 1.165) is 18.4 Å². The molecule has 1 aliphatic carbocycles. The van der Waals surface area contributed by atoms with E-state index >= 15 is 0 Å². The van der Waals surface area contributed by atoms with Crippen LogP contribution in [0.25, 0.3) is 0 Å². The monoisotopic (exact) mass is 270 g/mol. The Labute approximate surface area is 112 Å². The molecule has 0 amide bonds. The first-order valence-corrected chi connectivity index (χ1v) is 6.72. The van der Waals surface area contributed by atoms with E-state index < -0.39 is 6.61 Å². The molecule has 0 bridgehead atoms. The largest absolute Gasteiger partial charge is 0.434 e. The molecule has 0 aliphatic heterocycles. The number of alkyl halides is 2. The topological polar surface area (TPSA) is 47.3 Å². The van der Waals surface area contributed by atoms with Crippen LogP contribution in [-0.2, 0) is 0 Å². The second-order valence-electron chi connectivity index (χ2n) is 4.96. The summed E-state index contributed by atoms with van der Waals surface area (Å²) in [5, 5.41) is 0. The van der Waals surface area contributed by atoms with Crippen molar-refractivity contribution in [3.8, 4) is 5.75 Å². The molecule has 0 radical (unpaired) electrons. The predicted molar refractivity (Wildman–Crippen MR) is 69.7 cm³/mol. The standard InChI is InChI=1S/C14H20F2N2O/c15-14(16)19-12-9-5-4-8-11(12)13(18-17)10-6-2-1-3-7-10/h4-5,8-10,13-14,18H,1-3,6-7,17H2. The normalized spacial score (nSPS) is 18.5. The quantitative estimate of drug-likeness (QED) is 0.637. The van der Waals surface area contributed by atoms with Crippen LogP contribution < -0.4 is 16.0 Å². The number of rotatable bonds is 5. The first kappa shape index (κ1) is 14.2. The molecule has 3 N–H and O–H groups in total. The fraction of sp³-hybridized carbons (Fsp3) is 0.571. The van der Waals surface area contributed by atoms with E-state index in [2.05, 4.69) is 10.2 Å². The number of para-hydroxylation sites is 1. The first-order valence-electron chi connectivity index (χ1n) is 6.72. The lowest BCUT2D eigenvalue weighted by Crippen LogP contribution is -2.34. The third kappa shape index (κ3) is 3.64. The molecule has 3 nitrogen and oxygen atoms in total. The molecular weight excluding hydrogens is 250 g/mol. The van der Waals surface area contributed by atoms with Crippen LogP contribution >= 0.6 is 0 Å². The van der Waals surface area contributed by atoms with Crippen LogP contribution in [0.2, 0.25) is 0 Å². The van der Waals surface area contributed by atoms with Gasteiger partial charge in [0.2, 0.25) is 0 Å². The van der Waals surface area contributed by atoms with Crippen molar-refractivity contribution in [1.82, 2.24) is 5.43 Å². The highest BCUT2D eigenvalue weighted by molar-refractivity contribution is 5.36. The second kappa shape index (κ2) is 6.82. The minimum Gasteiger partial charge on any atom is -0.434 e. The molecule has 0 saturated heterocycles. The Bertz CT molecular complexity index is 395. The van der Waals surface area contributed by atoms with E-state index in [4.69, 9.17) is 5.84 Å². The molecule has 1 aliphatic rings. The van der Waals surface area contributed by atoms with Gasteiger partial charge in [-0.3, -0.25) is 11.3 Å². The zero-order valence-corrected chi connectivity index (χ0v) is 10.8. The van der Waals surface area contributed by atoms with Crippen LogP contribution in [0.15, 0.2) is 24.3 Å². The van der Waals surface area contributed by atoms with Crippen molar-refractivity contribution >= 4 is 0 Å². The molecule has 2 rings (SSSR count). The SMILES string of the molecule is NNC(c1ccccc1OC(F)F)C1CCCCC1. The third-order valence-electron chi connectivity index (χ3n) is 3.77. The van der Waals surface area contributed by atoms with Crippen LogP contribution in [0.1, 0.15) is 43.7 Å². The molecule has 1 aromatic carbocycles. The number of hydrogen-bond acceptors (Lipinski definition) is 3. The van der Waals surface area contributed by atoms with Gasteiger partial charge in [0, 0.05) is 5.56 Å². The Kier molecular flexibility index (Phi) is 5.10. The maximum atomic E-state index is 12.4. The first-order chi connectivity index (χ1) is 9.22. The number of hydrazine groups is 1. The lowest BCUT2D eigenvalue weighted by molar-refractivity contribution is -0.0509. The number of nitrogens with two attached hydrogens (primary N) is 1.